The van der Waals surface area contributed by atoms with Crippen LogP contribution in [0.15, 0.2) is 16.7 Å². The molecule has 0 saturated heterocycles. The van der Waals surface area contributed by atoms with Gasteiger partial charge in [-0.15, -0.1) is 0 Å². The molecule has 6 heteroatoms. The predicted octanol–water partition coefficient (Wildman–Crippen LogP) is 2.51. The van der Waals surface area contributed by atoms with Gasteiger partial charge in [-0.05, 0) is 26.8 Å². The van der Waals surface area contributed by atoms with E-state index in [9.17, 15) is 4.79 Å². The van der Waals surface area contributed by atoms with Gasteiger partial charge in [-0.25, -0.2) is 14.5 Å². The number of ketones is 1. The Labute approximate surface area is 115 Å². The van der Waals surface area contributed by atoms with Gasteiger partial charge in [0, 0.05) is 12.6 Å². The Morgan fingerprint density at radius 1 is 1.25 bits per heavy atom. The second-order valence-electron chi connectivity index (χ2n) is 4.77. The van der Waals surface area contributed by atoms with Crippen molar-refractivity contribution in [3.05, 3.63) is 35.2 Å². The van der Waals surface area contributed by atoms with Crippen molar-refractivity contribution in [3.8, 4) is 11.4 Å². The largest absolute Gasteiger partial charge is 0.446 e. The van der Waals surface area contributed by atoms with Crippen molar-refractivity contribution >= 4 is 11.4 Å². The number of Topliss-reactive ketones (excluding diaryl/α,β-unsaturated/α-hetero) is 1. The molecular formula is C14H14N4O2. The zero-order chi connectivity index (χ0) is 14.4. The van der Waals surface area contributed by atoms with Crippen molar-refractivity contribution in [1.29, 1.82) is 0 Å². The number of oxazole rings is 1. The van der Waals surface area contributed by atoms with Crippen LogP contribution in [0.25, 0.3) is 17.0 Å². The Bertz CT molecular complexity index is 829. The number of aryl methyl sites for hydroxylation is 3. The van der Waals surface area contributed by atoms with Gasteiger partial charge in [-0.1, -0.05) is 0 Å². The van der Waals surface area contributed by atoms with Gasteiger partial charge in [0.2, 0.25) is 0 Å². The molecule has 3 heterocycles. The van der Waals surface area contributed by atoms with Crippen LogP contribution in [0.2, 0.25) is 0 Å². The minimum absolute atomic E-state index is 0.0582. The zero-order valence-corrected chi connectivity index (χ0v) is 11.8. The third-order valence-electron chi connectivity index (χ3n) is 3.18. The number of nitrogens with zero attached hydrogens (tertiary/aromatic N) is 4. The number of hydrogen-bond donors (Lipinski definition) is 0. The molecule has 0 radical (unpaired) electrons. The van der Waals surface area contributed by atoms with Crippen molar-refractivity contribution < 1.29 is 9.21 Å². The Morgan fingerprint density at radius 2 is 2.00 bits per heavy atom. The van der Waals surface area contributed by atoms with E-state index in [1.165, 1.54) is 6.92 Å². The topological polar surface area (TPSA) is 73.3 Å². The van der Waals surface area contributed by atoms with Crippen LogP contribution in [0.3, 0.4) is 0 Å². The first kappa shape index (κ1) is 12.5. The number of carbonyl (C=O) groups excluding carboxylic acids is 1. The van der Waals surface area contributed by atoms with Crippen molar-refractivity contribution in [1.82, 2.24) is 19.6 Å². The van der Waals surface area contributed by atoms with Gasteiger partial charge in [0.1, 0.15) is 11.5 Å². The van der Waals surface area contributed by atoms with Crippen LogP contribution in [0.4, 0.5) is 0 Å². The molecule has 0 amide bonds. The summed E-state index contributed by atoms with van der Waals surface area (Å²) in [5.74, 6) is 1.25. The fraction of sp³-hybridized carbons (Fsp3) is 0.286. The summed E-state index contributed by atoms with van der Waals surface area (Å²) in [6, 6.07) is 1.88. The molecule has 3 aromatic heterocycles. The average molecular weight is 270 g/mol. The Balaban J connectivity index is 2.30. The lowest BCUT2D eigenvalue weighted by Gasteiger charge is -2.03. The first-order valence-corrected chi connectivity index (χ1v) is 6.28. The highest BCUT2D eigenvalue weighted by Crippen LogP contribution is 2.24. The summed E-state index contributed by atoms with van der Waals surface area (Å²) in [4.78, 5) is 20.5. The monoisotopic (exact) mass is 270 g/mol. The minimum atomic E-state index is -0.0582. The number of fused-ring (bicyclic) bond motifs is 1. The molecule has 0 aliphatic carbocycles. The van der Waals surface area contributed by atoms with Crippen LogP contribution in [0.5, 0.6) is 0 Å². The van der Waals surface area contributed by atoms with Crippen molar-refractivity contribution in [2.45, 2.75) is 27.7 Å². The molecule has 6 nitrogen and oxygen atoms in total. The van der Waals surface area contributed by atoms with Crippen LogP contribution in [-0.4, -0.2) is 25.4 Å². The van der Waals surface area contributed by atoms with Crippen molar-refractivity contribution in [3.63, 3.8) is 0 Å². The van der Waals surface area contributed by atoms with E-state index in [4.69, 9.17) is 4.42 Å². The molecule has 0 bridgehead atoms. The maximum Gasteiger partial charge on any atom is 0.191 e. The van der Waals surface area contributed by atoms with Gasteiger partial charge in [-0.2, -0.15) is 5.10 Å². The quantitative estimate of drug-likeness (QED) is 0.669. The second kappa shape index (κ2) is 4.26. The molecule has 0 saturated carbocycles. The number of rotatable bonds is 2. The van der Waals surface area contributed by atoms with Gasteiger partial charge in [0.25, 0.3) is 0 Å². The van der Waals surface area contributed by atoms with E-state index in [1.54, 1.807) is 17.6 Å². The smallest absolute Gasteiger partial charge is 0.191 e. The van der Waals surface area contributed by atoms with Gasteiger partial charge in [0.05, 0.1) is 17.5 Å². The van der Waals surface area contributed by atoms with Crippen molar-refractivity contribution in [2.24, 2.45) is 0 Å². The average Bonchev–Trinajstić information content (AvgIpc) is 2.92. The minimum Gasteiger partial charge on any atom is -0.446 e. The molecule has 102 valence electrons. The van der Waals surface area contributed by atoms with E-state index in [1.807, 2.05) is 19.9 Å². The standard InChI is InChI=1S/C14H14N4O2/c1-7-5-12(13-9(3)20-10(4)16-13)17-14-11(8(2)19)6-15-18(7)14/h5-6H,1-4H3. The third-order valence-corrected chi connectivity index (χ3v) is 3.18. The normalized spacial score (nSPS) is 11.2. The molecule has 0 N–H and O–H groups in total. The molecule has 0 fully saturated rings. The maximum atomic E-state index is 11.6. The zero-order valence-electron chi connectivity index (χ0n) is 11.8. The van der Waals surface area contributed by atoms with Crippen molar-refractivity contribution in [2.75, 3.05) is 0 Å². The highest BCUT2D eigenvalue weighted by atomic mass is 16.4. The van der Waals surface area contributed by atoms with Crippen LogP contribution in [0, 0.1) is 20.8 Å². The number of aromatic nitrogens is 4. The molecule has 0 unspecified atom stereocenters. The van der Waals surface area contributed by atoms with Gasteiger partial charge in [0.15, 0.2) is 17.3 Å². The van der Waals surface area contributed by atoms with Crippen LogP contribution in [0.1, 0.15) is 34.6 Å². The first-order valence-electron chi connectivity index (χ1n) is 6.28. The van der Waals surface area contributed by atoms with Gasteiger partial charge >= 0.3 is 0 Å². The fourth-order valence-electron chi connectivity index (χ4n) is 2.25. The summed E-state index contributed by atoms with van der Waals surface area (Å²) in [5.41, 5.74) is 3.33. The number of carbonyl (C=O) groups is 1. The van der Waals surface area contributed by atoms with E-state index in [0.29, 0.717) is 34.2 Å². The fourth-order valence-corrected chi connectivity index (χ4v) is 2.25. The lowest BCUT2D eigenvalue weighted by Crippen LogP contribution is -2.00. The highest BCUT2D eigenvalue weighted by Gasteiger charge is 2.16. The molecule has 0 aliphatic rings. The van der Waals surface area contributed by atoms with E-state index in [0.717, 1.165) is 5.69 Å². The van der Waals surface area contributed by atoms with Crippen LogP contribution >= 0.6 is 0 Å². The lowest BCUT2D eigenvalue weighted by molar-refractivity contribution is 0.101. The Morgan fingerprint density at radius 3 is 2.60 bits per heavy atom. The number of hydrogen-bond acceptors (Lipinski definition) is 5. The SMILES string of the molecule is CC(=O)c1cnn2c(C)cc(-c3nc(C)oc3C)nc12. The third kappa shape index (κ3) is 1.80. The Hall–Kier alpha value is -2.50. The van der Waals surface area contributed by atoms with Crippen LogP contribution in [-0.2, 0) is 0 Å². The highest BCUT2D eigenvalue weighted by molar-refractivity contribution is 5.99. The predicted molar refractivity (Wildman–Crippen MR) is 72.7 cm³/mol. The second-order valence-corrected chi connectivity index (χ2v) is 4.77. The van der Waals surface area contributed by atoms with Gasteiger partial charge < -0.3 is 4.42 Å². The summed E-state index contributed by atoms with van der Waals surface area (Å²) in [7, 11) is 0. The van der Waals surface area contributed by atoms with Crippen LogP contribution < -0.4 is 0 Å². The molecule has 0 spiro atoms. The molecule has 20 heavy (non-hydrogen) atoms. The molecule has 0 aliphatic heterocycles. The lowest BCUT2D eigenvalue weighted by atomic mass is 10.2. The Kier molecular flexibility index (Phi) is 2.67. The summed E-state index contributed by atoms with van der Waals surface area (Å²) < 4.78 is 7.09. The summed E-state index contributed by atoms with van der Waals surface area (Å²) in [5, 5.41) is 4.19. The first-order chi connectivity index (χ1) is 9.47. The van der Waals surface area contributed by atoms with E-state index in [2.05, 4.69) is 15.1 Å². The van der Waals surface area contributed by atoms with E-state index in [-0.39, 0.29) is 5.78 Å². The molecule has 3 aromatic rings. The molecule has 0 aromatic carbocycles. The summed E-state index contributed by atoms with van der Waals surface area (Å²) >= 11 is 0. The summed E-state index contributed by atoms with van der Waals surface area (Å²) in [6.45, 7) is 7.06. The maximum absolute atomic E-state index is 11.6. The van der Waals surface area contributed by atoms with E-state index >= 15 is 0 Å². The molecular weight excluding hydrogens is 256 g/mol. The summed E-state index contributed by atoms with van der Waals surface area (Å²) in [6.07, 6.45) is 1.54. The molecule has 3 rings (SSSR count). The molecule has 0 atom stereocenters. The van der Waals surface area contributed by atoms with E-state index < -0.39 is 0 Å². The van der Waals surface area contributed by atoms with Gasteiger partial charge in [-0.3, -0.25) is 4.79 Å².